The molecule has 0 spiro atoms. The molecule has 0 saturated carbocycles. The van der Waals surface area contributed by atoms with Crippen LogP contribution >= 0.6 is 0 Å². The number of aromatic nitrogens is 3. The summed E-state index contributed by atoms with van der Waals surface area (Å²) in [6.07, 6.45) is 7.14. The summed E-state index contributed by atoms with van der Waals surface area (Å²) in [7, 11) is 0. The van der Waals surface area contributed by atoms with E-state index in [0.29, 0.717) is 13.1 Å². The number of imidazole rings is 1. The molecule has 0 bridgehead atoms. The largest absolute Gasteiger partial charge is 0.338 e. The van der Waals surface area contributed by atoms with E-state index >= 15 is 0 Å². The first-order valence-corrected chi connectivity index (χ1v) is 12.0. The number of pyridine rings is 1. The van der Waals surface area contributed by atoms with Crippen molar-refractivity contribution in [2.24, 2.45) is 5.73 Å². The highest BCUT2D eigenvalue weighted by Crippen LogP contribution is 2.28. The molecular formula is C27H32N6O. The van der Waals surface area contributed by atoms with Gasteiger partial charge in [0.15, 0.2) is 5.65 Å². The van der Waals surface area contributed by atoms with Crippen LogP contribution in [-0.2, 0) is 6.42 Å². The summed E-state index contributed by atoms with van der Waals surface area (Å²) in [6.45, 7) is 3.48. The number of fused-ring (bicyclic) bond motifs is 1. The minimum atomic E-state index is -0.182. The van der Waals surface area contributed by atoms with Crippen LogP contribution < -0.4 is 16.4 Å². The SMILES string of the molecule is CCCCCCNC(=O)Nc1ccc(-c2nc3cccnc3n2-c2ccc(CCN)cc2)cc1. The molecular weight excluding hydrogens is 424 g/mol. The number of nitrogens with one attached hydrogen (secondary N) is 2. The number of urea groups is 1. The van der Waals surface area contributed by atoms with Gasteiger partial charge < -0.3 is 16.4 Å². The Balaban J connectivity index is 1.54. The van der Waals surface area contributed by atoms with Gasteiger partial charge in [0.05, 0.1) is 0 Å². The summed E-state index contributed by atoms with van der Waals surface area (Å²) < 4.78 is 2.06. The zero-order valence-electron chi connectivity index (χ0n) is 19.6. The number of benzene rings is 2. The van der Waals surface area contributed by atoms with Crippen molar-refractivity contribution < 1.29 is 4.79 Å². The van der Waals surface area contributed by atoms with Crippen molar-refractivity contribution in [3.63, 3.8) is 0 Å². The Hall–Kier alpha value is -3.71. The fourth-order valence-electron chi connectivity index (χ4n) is 3.96. The van der Waals surface area contributed by atoms with Crippen LogP contribution in [0.5, 0.6) is 0 Å². The third-order valence-corrected chi connectivity index (χ3v) is 5.76. The summed E-state index contributed by atoms with van der Waals surface area (Å²) in [4.78, 5) is 21.6. The van der Waals surface area contributed by atoms with Crippen molar-refractivity contribution in [1.82, 2.24) is 19.9 Å². The van der Waals surface area contributed by atoms with Crippen LogP contribution in [0.1, 0.15) is 38.2 Å². The first-order valence-electron chi connectivity index (χ1n) is 12.0. The van der Waals surface area contributed by atoms with Gasteiger partial charge in [0.1, 0.15) is 11.3 Å². The number of rotatable bonds is 10. The van der Waals surface area contributed by atoms with Crippen molar-refractivity contribution >= 4 is 22.9 Å². The molecule has 7 heteroatoms. The van der Waals surface area contributed by atoms with Gasteiger partial charge >= 0.3 is 6.03 Å². The molecule has 7 nitrogen and oxygen atoms in total. The van der Waals surface area contributed by atoms with Crippen LogP contribution in [-0.4, -0.2) is 33.7 Å². The van der Waals surface area contributed by atoms with E-state index in [1.54, 1.807) is 6.20 Å². The van der Waals surface area contributed by atoms with E-state index in [2.05, 4.69) is 51.4 Å². The highest BCUT2D eigenvalue weighted by Gasteiger charge is 2.15. The monoisotopic (exact) mass is 456 g/mol. The second-order valence-corrected chi connectivity index (χ2v) is 8.34. The van der Waals surface area contributed by atoms with Gasteiger partial charge in [-0.3, -0.25) is 4.57 Å². The lowest BCUT2D eigenvalue weighted by Gasteiger charge is -2.11. The van der Waals surface area contributed by atoms with E-state index in [4.69, 9.17) is 10.7 Å². The lowest BCUT2D eigenvalue weighted by atomic mass is 10.1. The van der Waals surface area contributed by atoms with E-state index in [-0.39, 0.29) is 6.03 Å². The number of nitrogens with two attached hydrogens (primary N) is 1. The Labute approximate surface area is 200 Å². The number of nitrogens with zero attached hydrogens (tertiary/aromatic N) is 3. The molecule has 4 rings (SSSR count). The Bertz CT molecular complexity index is 1210. The lowest BCUT2D eigenvalue weighted by molar-refractivity contribution is 0.252. The number of hydrogen-bond acceptors (Lipinski definition) is 4. The third-order valence-electron chi connectivity index (χ3n) is 5.76. The molecule has 2 heterocycles. The number of unbranched alkanes of at least 4 members (excludes halogenated alkanes) is 3. The van der Waals surface area contributed by atoms with Gasteiger partial charge in [0.2, 0.25) is 0 Å². The van der Waals surface area contributed by atoms with Crippen molar-refractivity contribution in [2.45, 2.75) is 39.0 Å². The maximum atomic E-state index is 12.2. The molecule has 0 aliphatic carbocycles. The van der Waals surface area contributed by atoms with Crippen molar-refractivity contribution in [2.75, 3.05) is 18.4 Å². The quantitative estimate of drug-likeness (QED) is 0.282. The van der Waals surface area contributed by atoms with E-state index in [1.807, 2.05) is 36.4 Å². The summed E-state index contributed by atoms with van der Waals surface area (Å²) in [5.41, 5.74) is 11.2. The summed E-state index contributed by atoms with van der Waals surface area (Å²) in [6, 6.07) is 19.7. The number of carbonyl (C=O) groups is 1. The second-order valence-electron chi connectivity index (χ2n) is 8.34. The number of anilines is 1. The fraction of sp³-hybridized carbons (Fsp3) is 0.296. The molecule has 0 radical (unpaired) electrons. The molecule has 2 aromatic heterocycles. The van der Waals surface area contributed by atoms with E-state index in [0.717, 1.165) is 53.2 Å². The lowest BCUT2D eigenvalue weighted by Crippen LogP contribution is -2.29. The number of hydrogen-bond donors (Lipinski definition) is 3. The molecule has 0 atom stereocenters. The first kappa shape index (κ1) is 23.4. The van der Waals surface area contributed by atoms with Gasteiger partial charge in [-0.1, -0.05) is 38.3 Å². The van der Waals surface area contributed by atoms with Crippen molar-refractivity contribution in [3.05, 3.63) is 72.4 Å². The zero-order valence-corrected chi connectivity index (χ0v) is 19.6. The third kappa shape index (κ3) is 5.61. The molecule has 4 N–H and O–H groups in total. The van der Waals surface area contributed by atoms with Crippen LogP contribution in [0.3, 0.4) is 0 Å². The van der Waals surface area contributed by atoms with Gasteiger partial charge in [-0.25, -0.2) is 14.8 Å². The topological polar surface area (TPSA) is 97.9 Å². The smallest absolute Gasteiger partial charge is 0.319 e. The molecule has 176 valence electrons. The highest BCUT2D eigenvalue weighted by atomic mass is 16.2. The Morgan fingerprint density at radius 2 is 1.79 bits per heavy atom. The van der Waals surface area contributed by atoms with Gasteiger partial charge in [0.25, 0.3) is 0 Å². The second kappa shape index (κ2) is 11.4. The van der Waals surface area contributed by atoms with Crippen LogP contribution in [0.25, 0.3) is 28.2 Å². The molecule has 0 aliphatic rings. The van der Waals surface area contributed by atoms with Gasteiger partial charge in [-0.2, -0.15) is 0 Å². The van der Waals surface area contributed by atoms with Crippen LogP contribution in [0.4, 0.5) is 10.5 Å². The Kier molecular flexibility index (Phi) is 7.88. The maximum absolute atomic E-state index is 12.2. The summed E-state index contributed by atoms with van der Waals surface area (Å²) >= 11 is 0. The number of carbonyl (C=O) groups excluding carboxylic acids is 1. The predicted molar refractivity (Wildman–Crippen MR) is 138 cm³/mol. The standard InChI is InChI=1S/C27H32N6O/c1-2-3-4-5-18-30-27(34)31-22-12-10-21(11-13-22)25-32-24-7-6-19-29-26(24)33(25)23-14-8-20(9-15-23)16-17-28/h6-15,19H,2-5,16-18,28H2,1H3,(H2,30,31,34). The van der Waals surface area contributed by atoms with Gasteiger partial charge in [0, 0.05) is 29.7 Å². The average molecular weight is 457 g/mol. The average Bonchev–Trinajstić information content (AvgIpc) is 3.25. The van der Waals surface area contributed by atoms with Crippen molar-refractivity contribution in [3.8, 4) is 17.1 Å². The first-order chi connectivity index (χ1) is 16.7. The summed E-state index contributed by atoms with van der Waals surface area (Å²) in [5, 5.41) is 5.82. The predicted octanol–water partition coefficient (Wildman–Crippen LogP) is 5.29. The van der Waals surface area contributed by atoms with Crippen LogP contribution in [0.2, 0.25) is 0 Å². The summed E-state index contributed by atoms with van der Waals surface area (Å²) in [5.74, 6) is 0.798. The molecule has 0 unspecified atom stereocenters. The highest BCUT2D eigenvalue weighted by molar-refractivity contribution is 5.89. The fourth-order valence-corrected chi connectivity index (χ4v) is 3.96. The normalized spacial score (nSPS) is 11.0. The van der Waals surface area contributed by atoms with Crippen molar-refractivity contribution in [1.29, 1.82) is 0 Å². The Morgan fingerprint density at radius 1 is 1.00 bits per heavy atom. The Morgan fingerprint density at radius 3 is 2.53 bits per heavy atom. The van der Waals surface area contributed by atoms with Gasteiger partial charge in [-0.15, -0.1) is 0 Å². The van der Waals surface area contributed by atoms with E-state index in [9.17, 15) is 4.79 Å². The van der Waals surface area contributed by atoms with E-state index < -0.39 is 0 Å². The zero-order chi connectivity index (χ0) is 23.8. The minimum absolute atomic E-state index is 0.182. The molecule has 0 saturated heterocycles. The minimum Gasteiger partial charge on any atom is -0.338 e. The molecule has 0 aliphatic heterocycles. The number of amides is 2. The molecule has 34 heavy (non-hydrogen) atoms. The van der Waals surface area contributed by atoms with Gasteiger partial charge in [-0.05, 0) is 73.5 Å². The van der Waals surface area contributed by atoms with Crippen LogP contribution in [0.15, 0.2) is 66.9 Å². The van der Waals surface area contributed by atoms with Crippen LogP contribution in [0, 0.1) is 0 Å². The molecule has 2 amide bonds. The molecule has 2 aromatic carbocycles. The molecule has 0 fully saturated rings. The van der Waals surface area contributed by atoms with E-state index in [1.165, 1.54) is 18.4 Å². The molecule has 4 aromatic rings. The maximum Gasteiger partial charge on any atom is 0.319 e.